The molecule has 3 aromatic rings. The van der Waals surface area contributed by atoms with Gasteiger partial charge in [0.05, 0.1) is 23.9 Å². The van der Waals surface area contributed by atoms with Gasteiger partial charge in [0.2, 0.25) is 0 Å². The van der Waals surface area contributed by atoms with Crippen molar-refractivity contribution in [2.45, 2.75) is 6.61 Å². The molecule has 0 spiro atoms. The smallest absolute Gasteiger partial charge is 0.259 e. The number of benzene rings is 2. The quantitative estimate of drug-likeness (QED) is 0.737. The zero-order valence-corrected chi connectivity index (χ0v) is 13.9. The minimum atomic E-state index is -0.228. The molecule has 1 heterocycles. The van der Waals surface area contributed by atoms with Crippen LogP contribution in [0.15, 0.2) is 59.4 Å². The Kier molecular flexibility index (Phi) is 5.08. The lowest BCUT2D eigenvalue weighted by atomic mass is 10.2. The van der Waals surface area contributed by atoms with Gasteiger partial charge in [-0.1, -0.05) is 12.1 Å². The van der Waals surface area contributed by atoms with Crippen molar-refractivity contribution in [2.24, 2.45) is 0 Å². The van der Waals surface area contributed by atoms with Gasteiger partial charge in [-0.2, -0.15) is 0 Å². The zero-order valence-electron chi connectivity index (χ0n) is 13.1. The number of para-hydroxylation sites is 1. The molecule has 24 heavy (non-hydrogen) atoms. The van der Waals surface area contributed by atoms with Gasteiger partial charge in [-0.25, -0.2) is 4.98 Å². The molecule has 6 heteroatoms. The summed E-state index contributed by atoms with van der Waals surface area (Å²) in [5, 5.41) is 4.77. The maximum Gasteiger partial charge on any atom is 0.259 e. The Morgan fingerprint density at radius 2 is 1.96 bits per heavy atom. The van der Waals surface area contributed by atoms with Crippen molar-refractivity contribution in [3.05, 3.63) is 70.7 Å². The zero-order chi connectivity index (χ0) is 16.8. The normalized spacial score (nSPS) is 10.2. The fourth-order valence-electron chi connectivity index (χ4n) is 2.11. The van der Waals surface area contributed by atoms with Crippen molar-refractivity contribution in [3.63, 3.8) is 0 Å². The first-order valence-corrected chi connectivity index (χ1v) is 8.25. The van der Waals surface area contributed by atoms with E-state index < -0.39 is 0 Å². The number of thiazole rings is 1. The number of nitrogens with one attached hydrogen (secondary N) is 1. The topological polar surface area (TPSA) is 60.5 Å². The van der Waals surface area contributed by atoms with Crippen molar-refractivity contribution in [1.29, 1.82) is 0 Å². The third kappa shape index (κ3) is 3.91. The number of carbonyl (C=O) groups is 1. The largest absolute Gasteiger partial charge is 0.497 e. The Labute approximate surface area is 143 Å². The van der Waals surface area contributed by atoms with Crippen LogP contribution in [0.2, 0.25) is 0 Å². The van der Waals surface area contributed by atoms with Crippen LogP contribution in [-0.2, 0) is 6.61 Å². The predicted molar refractivity (Wildman–Crippen MR) is 93.8 cm³/mol. The lowest BCUT2D eigenvalue weighted by Gasteiger charge is -2.11. The summed E-state index contributed by atoms with van der Waals surface area (Å²) in [6.45, 7) is 0.330. The van der Waals surface area contributed by atoms with E-state index in [9.17, 15) is 4.79 Å². The third-order valence-corrected chi connectivity index (χ3v) is 3.97. The Bertz CT molecular complexity index is 801. The molecule has 1 N–H and O–H groups in total. The first kappa shape index (κ1) is 16.0. The Hall–Kier alpha value is -2.86. The van der Waals surface area contributed by atoms with E-state index >= 15 is 0 Å². The van der Waals surface area contributed by atoms with E-state index in [1.807, 2.05) is 11.4 Å². The molecule has 0 aliphatic carbocycles. The number of aromatic nitrogens is 1. The lowest BCUT2D eigenvalue weighted by molar-refractivity contribution is 0.102. The molecule has 0 aliphatic rings. The van der Waals surface area contributed by atoms with E-state index in [0.29, 0.717) is 23.6 Å². The maximum atomic E-state index is 12.5. The first-order valence-electron chi connectivity index (χ1n) is 7.30. The first-order chi connectivity index (χ1) is 11.8. The number of carbonyl (C=O) groups excluding carboxylic acids is 1. The second-order valence-electron chi connectivity index (χ2n) is 4.95. The fraction of sp³-hybridized carbons (Fsp3) is 0.111. The van der Waals surface area contributed by atoms with Crippen LogP contribution >= 0.6 is 11.3 Å². The van der Waals surface area contributed by atoms with E-state index in [0.717, 1.165) is 11.4 Å². The van der Waals surface area contributed by atoms with Gasteiger partial charge in [0, 0.05) is 11.1 Å². The van der Waals surface area contributed by atoms with Crippen LogP contribution in [0.4, 0.5) is 5.69 Å². The summed E-state index contributed by atoms with van der Waals surface area (Å²) in [4.78, 5) is 16.7. The summed E-state index contributed by atoms with van der Waals surface area (Å²) in [6.07, 6.45) is 0. The third-order valence-electron chi connectivity index (χ3n) is 3.34. The van der Waals surface area contributed by atoms with E-state index in [4.69, 9.17) is 9.47 Å². The summed E-state index contributed by atoms with van der Waals surface area (Å²) in [5.41, 5.74) is 3.75. The summed E-state index contributed by atoms with van der Waals surface area (Å²) >= 11 is 1.51. The molecule has 2 aromatic carbocycles. The monoisotopic (exact) mass is 340 g/mol. The summed E-state index contributed by atoms with van der Waals surface area (Å²) in [7, 11) is 1.60. The summed E-state index contributed by atoms with van der Waals surface area (Å²) < 4.78 is 10.8. The van der Waals surface area contributed by atoms with Crippen molar-refractivity contribution >= 4 is 22.9 Å². The van der Waals surface area contributed by atoms with Crippen molar-refractivity contribution in [3.8, 4) is 11.5 Å². The molecule has 1 amide bonds. The molecule has 0 bridgehead atoms. The van der Waals surface area contributed by atoms with Crippen LogP contribution in [-0.4, -0.2) is 18.0 Å². The lowest BCUT2D eigenvalue weighted by Crippen LogP contribution is -2.13. The standard InChI is InChI=1S/C18H16N2O3S/c1-22-15-8-6-13(7-9-15)20-18(21)16-4-2-3-5-17(16)23-10-14-11-24-12-19-14/h2-9,11-12H,10H2,1H3,(H,20,21). The highest BCUT2D eigenvalue weighted by Crippen LogP contribution is 2.22. The Morgan fingerprint density at radius 1 is 1.17 bits per heavy atom. The minimum absolute atomic E-state index is 0.228. The van der Waals surface area contributed by atoms with Crippen molar-refractivity contribution in [1.82, 2.24) is 4.98 Å². The number of ether oxygens (including phenoxy) is 2. The molecule has 0 atom stereocenters. The van der Waals surface area contributed by atoms with E-state index in [1.165, 1.54) is 11.3 Å². The molecule has 1 aromatic heterocycles. The van der Waals surface area contributed by atoms with Crippen LogP contribution in [0.5, 0.6) is 11.5 Å². The van der Waals surface area contributed by atoms with Gasteiger partial charge < -0.3 is 14.8 Å². The number of hydrogen-bond donors (Lipinski definition) is 1. The molecule has 5 nitrogen and oxygen atoms in total. The number of methoxy groups -OCH3 is 1. The second kappa shape index (κ2) is 7.61. The van der Waals surface area contributed by atoms with Gasteiger partial charge in [0.1, 0.15) is 18.1 Å². The van der Waals surface area contributed by atoms with Crippen LogP contribution in [0.3, 0.4) is 0 Å². The fourth-order valence-corrected chi connectivity index (χ4v) is 2.66. The number of amides is 1. The molecule has 122 valence electrons. The summed E-state index contributed by atoms with van der Waals surface area (Å²) in [5.74, 6) is 1.03. The number of rotatable bonds is 6. The molecule has 3 rings (SSSR count). The van der Waals surface area contributed by atoms with E-state index in [1.54, 1.807) is 55.1 Å². The van der Waals surface area contributed by atoms with E-state index in [2.05, 4.69) is 10.3 Å². The van der Waals surface area contributed by atoms with Gasteiger partial charge >= 0.3 is 0 Å². The molecule has 0 radical (unpaired) electrons. The second-order valence-corrected chi connectivity index (χ2v) is 5.67. The average molecular weight is 340 g/mol. The summed E-state index contributed by atoms with van der Waals surface area (Å²) in [6, 6.07) is 14.3. The van der Waals surface area contributed by atoms with Gasteiger partial charge in [0.15, 0.2) is 0 Å². The number of hydrogen-bond acceptors (Lipinski definition) is 5. The Morgan fingerprint density at radius 3 is 2.67 bits per heavy atom. The molecular weight excluding hydrogens is 324 g/mol. The van der Waals surface area contributed by atoms with Crippen LogP contribution in [0, 0.1) is 0 Å². The SMILES string of the molecule is COc1ccc(NC(=O)c2ccccc2OCc2cscn2)cc1. The highest BCUT2D eigenvalue weighted by atomic mass is 32.1. The van der Waals surface area contributed by atoms with Gasteiger partial charge in [-0.05, 0) is 36.4 Å². The van der Waals surface area contributed by atoms with Crippen molar-refractivity contribution < 1.29 is 14.3 Å². The highest BCUT2D eigenvalue weighted by molar-refractivity contribution is 7.07. The maximum absolute atomic E-state index is 12.5. The van der Waals surface area contributed by atoms with Crippen LogP contribution < -0.4 is 14.8 Å². The molecule has 0 saturated heterocycles. The molecule has 0 unspecified atom stereocenters. The number of anilines is 1. The van der Waals surface area contributed by atoms with Crippen LogP contribution in [0.25, 0.3) is 0 Å². The van der Waals surface area contributed by atoms with E-state index in [-0.39, 0.29) is 5.91 Å². The minimum Gasteiger partial charge on any atom is -0.497 e. The molecule has 0 saturated carbocycles. The average Bonchev–Trinajstić information content (AvgIpc) is 3.14. The Balaban J connectivity index is 1.71. The molecular formula is C18H16N2O3S. The molecule has 0 aliphatic heterocycles. The number of nitrogens with zero attached hydrogens (tertiary/aromatic N) is 1. The van der Waals surface area contributed by atoms with Crippen molar-refractivity contribution in [2.75, 3.05) is 12.4 Å². The highest BCUT2D eigenvalue weighted by Gasteiger charge is 2.13. The van der Waals surface area contributed by atoms with Crippen LogP contribution in [0.1, 0.15) is 16.1 Å². The van der Waals surface area contributed by atoms with Gasteiger partial charge in [-0.15, -0.1) is 11.3 Å². The predicted octanol–water partition coefficient (Wildman–Crippen LogP) is 3.98. The van der Waals surface area contributed by atoms with Gasteiger partial charge in [0.25, 0.3) is 5.91 Å². The molecule has 0 fully saturated rings. The van der Waals surface area contributed by atoms with Gasteiger partial charge in [-0.3, -0.25) is 4.79 Å².